The van der Waals surface area contributed by atoms with Gasteiger partial charge in [0.2, 0.25) is 0 Å². The fourth-order valence-electron chi connectivity index (χ4n) is 2.86. The smallest absolute Gasteiger partial charge is 0.264 e. The Balaban J connectivity index is 1.79. The predicted octanol–water partition coefficient (Wildman–Crippen LogP) is 4.90. The Bertz CT molecular complexity index is 1300. The summed E-state index contributed by atoms with van der Waals surface area (Å²) < 4.78 is 33.0. The van der Waals surface area contributed by atoms with E-state index in [9.17, 15) is 13.2 Å². The van der Waals surface area contributed by atoms with Crippen molar-refractivity contribution < 1.29 is 17.9 Å². The molecular formula is C24H21Cl2N3O4S. The van der Waals surface area contributed by atoms with Crippen LogP contribution in [0.25, 0.3) is 0 Å². The highest BCUT2D eigenvalue weighted by atomic mass is 35.5. The molecule has 0 aliphatic heterocycles. The van der Waals surface area contributed by atoms with Gasteiger partial charge < -0.3 is 4.74 Å². The molecule has 0 aliphatic rings. The van der Waals surface area contributed by atoms with Crippen molar-refractivity contribution in [2.75, 3.05) is 17.5 Å². The van der Waals surface area contributed by atoms with Crippen LogP contribution in [0.2, 0.25) is 10.0 Å². The van der Waals surface area contributed by atoms with Gasteiger partial charge in [0.25, 0.3) is 15.9 Å². The Kier molecular flexibility index (Phi) is 8.70. The summed E-state index contributed by atoms with van der Waals surface area (Å²) >= 11 is 11.9. The summed E-state index contributed by atoms with van der Waals surface area (Å²) in [6.07, 6.45) is 3.06. The van der Waals surface area contributed by atoms with Crippen LogP contribution in [0.1, 0.15) is 5.56 Å². The van der Waals surface area contributed by atoms with Crippen molar-refractivity contribution >= 4 is 51.0 Å². The van der Waals surface area contributed by atoms with Gasteiger partial charge >= 0.3 is 0 Å². The standard InChI is InChI=1S/C24H21Cl2N3O4S/c1-2-13-33-22-8-3-5-18(14-22)16-27-28-24(30)17-29(21-7-4-6-20(26)15-21)34(31,32)23-11-9-19(25)10-12-23/h2-12,14-16H,1,13,17H2,(H,28,30)/b27-16-. The molecule has 1 amide bonds. The monoisotopic (exact) mass is 517 g/mol. The number of benzene rings is 3. The molecule has 0 aromatic heterocycles. The van der Waals surface area contributed by atoms with Crippen LogP contribution in [0, 0.1) is 0 Å². The number of sulfonamides is 1. The highest BCUT2D eigenvalue weighted by Gasteiger charge is 2.27. The number of rotatable bonds is 10. The van der Waals surface area contributed by atoms with E-state index < -0.39 is 22.5 Å². The van der Waals surface area contributed by atoms with E-state index >= 15 is 0 Å². The normalized spacial score (nSPS) is 11.2. The van der Waals surface area contributed by atoms with Crippen molar-refractivity contribution in [2.45, 2.75) is 4.90 Å². The molecule has 0 spiro atoms. The summed E-state index contributed by atoms with van der Waals surface area (Å²) in [5.41, 5.74) is 3.27. The van der Waals surface area contributed by atoms with E-state index in [1.54, 1.807) is 48.5 Å². The maximum absolute atomic E-state index is 13.3. The number of ether oxygens (including phenoxy) is 1. The molecule has 7 nitrogen and oxygen atoms in total. The average Bonchev–Trinajstić information content (AvgIpc) is 2.81. The molecule has 0 atom stereocenters. The minimum absolute atomic E-state index is 0.0236. The van der Waals surface area contributed by atoms with Gasteiger partial charge in [0.1, 0.15) is 18.9 Å². The van der Waals surface area contributed by atoms with E-state index in [1.165, 1.54) is 36.5 Å². The van der Waals surface area contributed by atoms with E-state index in [4.69, 9.17) is 27.9 Å². The number of hydrogen-bond donors (Lipinski definition) is 1. The van der Waals surface area contributed by atoms with Gasteiger partial charge in [0, 0.05) is 10.0 Å². The van der Waals surface area contributed by atoms with Gasteiger partial charge in [-0.25, -0.2) is 13.8 Å². The minimum atomic E-state index is -4.10. The summed E-state index contributed by atoms with van der Waals surface area (Å²) in [7, 11) is -4.10. The van der Waals surface area contributed by atoms with Gasteiger partial charge in [-0.2, -0.15) is 5.10 Å². The molecule has 0 radical (unpaired) electrons. The van der Waals surface area contributed by atoms with Crippen LogP contribution in [0.5, 0.6) is 5.75 Å². The van der Waals surface area contributed by atoms with Crippen molar-refractivity contribution in [2.24, 2.45) is 5.10 Å². The highest BCUT2D eigenvalue weighted by Crippen LogP contribution is 2.26. The molecule has 176 valence electrons. The summed E-state index contributed by atoms with van der Waals surface area (Å²) in [6, 6.07) is 18.9. The first-order valence-electron chi connectivity index (χ1n) is 9.99. The second-order valence-corrected chi connectivity index (χ2v) is 9.65. The molecule has 0 heterocycles. The second-order valence-electron chi connectivity index (χ2n) is 6.91. The van der Waals surface area contributed by atoms with Crippen molar-refractivity contribution in [1.82, 2.24) is 5.43 Å². The molecule has 0 saturated heterocycles. The zero-order valence-electron chi connectivity index (χ0n) is 17.9. The van der Waals surface area contributed by atoms with E-state index in [2.05, 4.69) is 17.1 Å². The minimum Gasteiger partial charge on any atom is -0.490 e. The molecule has 0 saturated carbocycles. The zero-order valence-corrected chi connectivity index (χ0v) is 20.2. The van der Waals surface area contributed by atoms with Crippen molar-refractivity contribution in [1.29, 1.82) is 0 Å². The van der Waals surface area contributed by atoms with Gasteiger partial charge in [-0.3, -0.25) is 9.10 Å². The number of anilines is 1. The molecule has 0 bridgehead atoms. The third-order valence-electron chi connectivity index (χ3n) is 4.41. The van der Waals surface area contributed by atoms with Crippen LogP contribution in [0.4, 0.5) is 5.69 Å². The molecule has 0 fully saturated rings. The number of amides is 1. The maximum Gasteiger partial charge on any atom is 0.264 e. The van der Waals surface area contributed by atoms with Crippen molar-refractivity contribution in [3.05, 3.63) is 101 Å². The van der Waals surface area contributed by atoms with Crippen LogP contribution in [-0.4, -0.2) is 33.7 Å². The number of nitrogens with zero attached hydrogens (tertiary/aromatic N) is 2. The lowest BCUT2D eigenvalue weighted by Gasteiger charge is -2.23. The summed E-state index contributed by atoms with van der Waals surface area (Å²) in [4.78, 5) is 12.6. The number of nitrogens with one attached hydrogen (secondary N) is 1. The SMILES string of the molecule is C=CCOc1cccc(/C=N\NC(=O)CN(c2cccc(Cl)c2)S(=O)(=O)c2ccc(Cl)cc2)c1. The van der Waals surface area contributed by atoms with E-state index in [1.807, 2.05) is 0 Å². The molecule has 10 heteroatoms. The first-order chi connectivity index (χ1) is 16.3. The van der Waals surface area contributed by atoms with Crippen molar-refractivity contribution in [3.8, 4) is 5.75 Å². The Morgan fingerprint density at radius 2 is 1.76 bits per heavy atom. The van der Waals surface area contributed by atoms with E-state index in [-0.39, 0.29) is 10.6 Å². The van der Waals surface area contributed by atoms with Crippen LogP contribution in [0.15, 0.2) is 95.4 Å². The first-order valence-corrected chi connectivity index (χ1v) is 12.2. The fraction of sp³-hybridized carbons (Fsp3) is 0.0833. The topological polar surface area (TPSA) is 88.1 Å². The zero-order chi connectivity index (χ0) is 24.6. The summed E-state index contributed by atoms with van der Waals surface area (Å²) in [5, 5.41) is 4.64. The van der Waals surface area contributed by atoms with Crippen molar-refractivity contribution in [3.63, 3.8) is 0 Å². The molecular weight excluding hydrogens is 497 g/mol. The highest BCUT2D eigenvalue weighted by molar-refractivity contribution is 7.92. The van der Waals surface area contributed by atoms with Gasteiger partial charge in [0.15, 0.2) is 0 Å². The van der Waals surface area contributed by atoms with Gasteiger partial charge in [-0.05, 0) is 60.2 Å². The number of carbonyl (C=O) groups excluding carboxylic acids is 1. The molecule has 3 aromatic rings. The summed E-state index contributed by atoms with van der Waals surface area (Å²) in [6.45, 7) is 3.44. The maximum atomic E-state index is 13.3. The lowest BCUT2D eigenvalue weighted by molar-refractivity contribution is -0.119. The second kappa shape index (κ2) is 11.7. The molecule has 0 unspecified atom stereocenters. The van der Waals surface area contributed by atoms with E-state index in [0.717, 1.165) is 4.31 Å². The number of hydrazone groups is 1. The molecule has 1 N–H and O–H groups in total. The largest absolute Gasteiger partial charge is 0.490 e. The lowest BCUT2D eigenvalue weighted by atomic mass is 10.2. The Morgan fingerprint density at radius 3 is 2.47 bits per heavy atom. The molecule has 0 aliphatic carbocycles. The Morgan fingerprint density at radius 1 is 1.03 bits per heavy atom. The van der Waals surface area contributed by atoms with Crippen LogP contribution < -0.4 is 14.5 Å². The van der Waals surface area contributed by atoms with Gasteiger partial charge in [-0.1, -0.05) is 54.1 Å². The molecule has 34 heavy (non-hydrogen) atoms. The average molecular weight is 518 g/mol. The molecule has 3 rings (SSSR count). The Hall–Kier alpha value is -3.33. The van der Waals surface area contributed by atoms with E-state index in [0.29, 0.717) is 28.0 Å². The predicted molar refractivity (Wildman–Crippen MR) is 135 cm³/mol. The third-order valence-corrected chi connectivity index (χ3v) is 6.69. The fourth-order valence-corrected chi connectivity index (χ4v) is 4.59. The first kappa shape index (κ1) is 25.3. The third kappa shape index (κ3) is 6.84. The molecule has 3 aromatic carbocycles. The number of carbonyl (C=O) groups is 1. The van der Waals surface area contributed by atoms with Crippen LogP contribution in [-0.2, 0) is 14.8 Å². The number of halogens is 2. The van der Waals surface area contributed by atoms with Crippen LogP contribution >= 0.6 is 23.2 Å². The van der Waals surface area contributed by atoms with Gasteiger partial charge in [0.05, 0.1) is 16.8 Å². The number of hydrogen-bond acceptors (Lipinski definition) is 5. The van der Waals surface area contributed by atoms with Crippen LogP contribution in [0.3, 0.4) is 0 Å². The quantitative estimate of drug-likeness (QED) is 0.235. The Labute approximate surface area is 208 Å². The lowest BCUT2D eigenvalue weighted by Crippen LogP contribution is -2.39. The van der Waals surface area contributed by atoms with Gasteiger partial charge in [-0.15, -0.1) is 0 Å². The summed E-state index contributed by atoms with van der Waals surface area (Å²) in [5.74, 6) is -0.0239.